The maximum Gasteiger partial charge on any atom is 0.108 e. The highest BCUT2D eigenvalue weighted by Gasteiger charge is 2.30. The van der Waals surface area contributed by atoms with E-state index < -0.39 is 6.15 Å². The molecule has 0 saturated carbocycles. The second kappa shape index (κ2) is 12.1. The average molecular weight is 420 g/mol. The van der Waals surface area contributed by atoms with Crippen LogP contribution in [0.2, 0.25) is 0 Å². The lowest BCUT2D eigenvalue weighted by Crippen LogP contribution is -2.74. The third-order valence-electron chi connectivity index (χ3n) is 6.54. The van der Waals surface area contributed by atoms with Crippen LogP contribution in [0, 0.1) is 0 Å². The Morgan fingerprint density at radius 2 is 0.625 bits per heavy atom. The molecular weight excluding hydrogens is 385 g/mol. The van der Waals surface area contributed by atoms with Gasteiger partial charge in [-0.2, -0.15) is 21.9 Å². The third-order valence-corrected chi connectivity index (χ3v) is 6.54. The normalized spacial score (nSPS) is 11.0. The molecule has 0 aliphatic rings. The molecule has 164 valence electrons. The first-order valence-electron chi connectivity index (χ1n) is 11.9. The molecule has 32 heavy (non-hydrogen) atoms. The van der Waals surface area contributed by atoms with Crippen LogP contribution in [-0.2, 0) is 0 Å². The largest absolute Gasteiger partial charge is 0.304 e. The van der Waals surface area contributed by atoms with Crippen LogP contribution < -0.4 is 21.9 Å². The fourth-order valence-corrected chi connectivity index (χ4v) is 4.79. The summed E-state index contributed by atoms with van der Waals surface area (Å²) in [4.78, 5) is 2.38. The van der Waals surface area contributed by atoms with Crippen molar-refractivity contribution in [2.24, 2.45) is 0 Å². The molecule has 0 aliphatic carbocycles. The Balaban J connectivity index is 0.000000360. The van der Waals surface area contributed by atoms with Crippen molar-refractivity contribution in [3.63, 3.8) is 0 Å². The van der Waals surface area contributed by atoms with Gasteiger partial charge in [0, 0.05) is 0 Å². The number of nitrogens with zero attached hydrogens (tertiary/aromatic N) is 1. The van der Waals surface area contributed by atoms with E-state index in [-0.39, 0.29) is 0 Å². The first kappa shape index (κ1) is 23.6. The molecular formula is C30H35BN-. The van der Waals surface area contributed by atoms with Gasteiger partial charge >= 0.3 is 0 Å². The molecule has 0 fully saturated rings. The standard InChI is InChI=1S/C24H20B.C6H15N/c1-5-13-21(14-6-1)25(22-15-7-2-8-16-22,23-17-9-3-10-18-23)24-19-11-4-12-20-24;1-4-7(5-2)6-3/h1-20H;4-6H2,1-3H3/q-1;. The van der Waals surface area contributed by atoms with Crippen LogP contribution in [-0.4, -0.2) is 30.7 Å². The van der Waals surface area contributed by atoms with Gasteiger partial charge in [-0.1, -0.05) is 142 Å². The molecule has 0 radical (unpaired) electrons. The fourth-order valence-electron chi connectivity index (χ4n) is 4.79. The summed E-state index contributed by atoms with van der Waals surface area (Å²) < 4.78 is 0. The molecule has 1 nitrogen and oxygen atoms in total. The van der Waals surface area contributed by atoms with Crippen LogP contribution in [0.15, 0.2) is 121 Å². The molecule has 0 unspecified atom stereocenters. The quantitative estimate of drug-likeness (QED) is 0.401. The van der Waals surface area contributed by atoms with E-state index in [9.17, 15) is 0 Å². The molecule has 4 aromatic rings. The molecule has 0 spiro atoms. The van der Waals surface area contributed by atoms with Gasteiger partial charge in [-0.05, 0) is 19.6 Å². The number of rotatable bonds is 7. The summed E-state index contributed by atoms with van der Waals surface area (Å²) >= 11 is 0. The lowest BCUT2D eigenvalue weighted by atomic mass is 9.13. The topological polar surface area (TPSA) is 3.24 Å². The van der Waals surface area contributed by atoms with Crippen molar-refractivity contribution in [2.45, 2.75) is 20.8 Å². The van der Waals surface area contributed by atoms with Gasteiger partial charge in [-0.3, -0.25) is 0 Å². The Kier molecular flexibility index (Phi) is 8.89. The SMILES string of the molecule is CCN(CC)CC.c1ccc([B-](c2ccccc2)(c2ccccc2)c2ccccc2)cc1. The molecule has 0 amide bonds. The molecule has 0 heterocycles. The summed E-state index contributed by atoms with van der Waals surface area (Å²) in [6, 6.07) is 43.5. The summed E-state index contributed by atoms with van der Waals surface area (Å²) in [5.74, 6) is 0. The van der Waals surface area contributed by atoms with Crippen molar-refractivity contribution in [3.8, 4) is 0 Å². The van der Waals surface area contributed by atoms with E-state index in [2.05, 4.69) is 147 Å². The zero-order chi connectivity index (χ0) is 22.7. The highest BCUT2D eigenvalue weighted by molar-refractivity contribution is 7.19. The Morgan fingerprint density at radius 1 is 0.406 bits per heavy atom. The van der Waals surface area contributed by atoms with Gasteiger partial charge in [-0.15, -0.1) is 0 Å². The predicted octanol–water partition coefficient (Wildman–Crippen LogP) is 4.41. The summed E-state index contributed by atoms with van der Waals surface area (Å²) in [5, 5.41) is 0. The average Bonchev–Trinajstić information content (AvgIpc) is 2.89. The lowest BCUT2D eigenvalue weighted by Gasteiger charge is -2.44. The minimum atomic E-state index is -1.22. The number of benzene rings is 4. The van der Waals surface area contributed by atoms with Crippen molar-refractivity contribution < 1.29 is 0 Å². The van der Waals surface area contributed by atoms with Gasteiger partial charge in [0.1, 0.15) is 6.15 Å². The molecule has 4 aromatic carbocycles. The Labute approximate surface area is 194 Å². The summed E-state index contributed by atoms with van der Waals surface area (Å²) in [6.07, 6.45) is -1.22. The smallest absolute Gasteiger partial charge is 0.108 e. The van der Waals surface area contributed by atoms with Crippen molar-refractivity contribution in [1.29, 1.82) is 0 Å². The minimum Gasteiger partial charge on any atom is -0.304 e. The van der Waals surface area contributed by atoms with Crippen molar-refractivity contribution in [3.05, 3.63) is 121 Å². The highest BCUT2D eigenvalue weighted by atomic mass is 15.1. The maximum absolute atomic E-state index is 2.38. The minimum absolute atomic E-state index is 1.19. The van der Waals surface area contributed by atoms with Crippen LogP contribution >= 0.6 is 0 Å². The molecule has 2 heteroatoms. The van der Waals surface area contributed by atoms with Gasteiger partial charge in [0.25, 0.3) is 0 Å². The van der Waals surface area contributed by atoms with Gasteiger partial charge in [0.2, 0.25) is 0 Å². The molecule has 0 saturated heterocycles. The molecule has 0 bridgehead atoms. The summed E-state index contributed by atoms with van der Waals surface area (Å²) in [7, 11) is 0. The zero-order valence-corrected chi connectivity index (χ0v) is 19.7. The van der Waals surface area contributed by atoms with Crippen LogP contribution in [0.4, 0.5) is 0 Å². The van der Waals surface area contributed by atoms with Crippen LogP contribution in [0.1, 0.15) is 20.8 Å². The highest BCUT2D eigenvalue weighted by Crippen LogP contribution is 2.09. The van der Waals surface area contributed by atoms with Gasteiger partial charge in [0.15, 0.2) is 0 Å². The Hall–Kier alpha value is -3.10. The van der Waals surface area contributed by atoms with E-state index in [4.69, 9.17) is 0 Å². The maximum atomic E-state index is 2.38. The van der Waals surface area contributed by atoms with Crippen molar-refractivity contribution in [1.82, 2.24) is 4.90 Å². The third kappa shape index (κ3) is 5.20. The van der Waals surface area contributed by atoms with E-state index in [0.717, 1.165) is 0 Å². The van der Waals surface area contributed by atoms with Crippen LogP contribution in [0.25, 0.3) is 0 Å². The van der Waals surface area contributed by atoms with Crippen LogP contribution in [0.3, 0.4) is 0 Å². The van der Waals surface area contributed by atoms with Crippen LogP contribution in [0.5, 0.6) is 0 Å². The van der Waals surface area contributed by atoms with Crippen molar-refractivity contribution >= 4 is 28.0 Å². The first-order chi connectivity index (χ1) is 15.8. The van der Waals surface area contributed by atoms with E-state index in [1.54, 1.807) is 0 Å². The van der Waals surface area contributed by atoms with E-state index in [1.165, 1.54) is 41.5 Å². The van der Waals surface area contributed by atoms with Gasteiger partial charge in [0.05, 0.1) is 0 Å². The monoisotopic (exact) mass is 420 g/mol. The molecule has 0 N–H and O–H groups in total. The first-order valence-corrected chi connectivity index (χ1v) is 11.9. The van der Waals surface area contributed by atoms with E-state index in [1.807, 2.05) is 0 Å². The molecule has 0 aliphatic heterocycles. The number of hydrogen-bond donors (Lipinski definition) is 0. The second-order valence-corrected chi connectivity index (χ2v) is 8.13. The Bertz CT molecular complexity index is 844. The Morgan fingerprint density at radius 3 is 0.781 bits per heavy atom. The van der Waals surface area contributed by atoms with Gasteiger partial charge < -0.3 is 4.90 Å². The van der Waals surface area contributed by atoms with Crippen molar-refractivity contribution in [2.75, 3.05) is 19.6 Å². The predicted molar refractivity (Wildman–Crippen MR) is 144 cm³/mol. The molecule has 0 atom stereocenters. The zero-order valence-electron chi connectivity index (χ0n) is 19.7. The second-order valence-electron chi connectivity index (χ2n) is 8.13. The molecule has 0 aromatic heterocycles. The fraction of sp³-hybridized carbons (Fsp3) is 0.200. The molecule has 4 rings (SSSR count). The number of hydrogen-bond acceptors (Lipinski definition) is 1. The summed E-state index contributed by atoms with van der Waals surface area (Å²) in [5.41, 5.74) is 5.36. The van der Waals surface area contributed by atoms with E-state index >= 15 is 0 Å². The summed E-state index contributed by atoms with van der Waals surface area (Å²) in [6.45, 7) is 10.1. The van der Waals surface area contributed by atoms with E-state index in [0.29, 0.717) is 0 Å². The van der Waals surface area contributed by atoms with Gasteiger partial charge in [-0.25, -0.2) is 0 Å². The lowest BCUT2D eigenvalue weighted by molar-refractivity contribution is 0.321.